The molecule has 3 rings (SSSR count). The van der Waals surface area contributed by atoms with E-state index in [4.69, 9.17) is 0 Å². The first-order chi connectivity index (χ1) is 7.95. The molecule has 2 heteroatoms. The van der Waals surface area contributed by atoms with Crippen LogP contribution in [0.3, 0.4) is 0 Å². The summed E-state index contributed by atoms with van der Waals surface area (Å²) >= 11 is 0. The lowest BCUT2D eigenvalue weighted by Gasteiger charge is -1.90. The molecule has 0 unspecified atom stereocenters. The van der Waals surface area contributed by atoms with Gasteiger partial charge >= 0.3 is 0 Å². The number of H-pyrrole nitrogens is 1. The van der Waals surface area contributed by atoms with Crippen molar-refractivity contribution in [2.24, 2.45) is 0 Å². The number of nitrogens with one attached hydrogen (secondary N) is 1. The molecule has 0 aromatic carbocycles. The van der Waals surface area contributed by atoms with E-state index in [0.717, 1.165) is 11.9 Å². The lowest BCUT2D eigenvalue weighted by Crippen LogP contribution is -1.73. The Morgan fingerprint density at radius 1 is 1.25 bits per heavy atom. The van der Waals surface area contributed by atoms with Gasteiger partial charge in [0.15, 0.2) is 0 Å². The van der Waals surface area contributed by atoms with E-state index in [1.54, 1.807) is 0 Å². The maximum Gasteiger partial charge on any atom is 0.0495 e. The second-order valence-electron chi connectivity index (χ2n) is 3.41. The molecule has 0 bridgehead atoms. The summed E-state index contributed by atoms with van der Waals surface area (Å²) in [5.74, 6) is 0. The number of hydrogen-bond donors (Lipinski definition) is 1. The molecule has 16 heavy (non-hydrogen) atoms. The molecule has 84 valence electrons. The quantitative estimate of drug-likeness (QED) is 0.697. The predicted octanol–water partition coefficient (Wildman–Crippen LogP) is 4.27. The largest absolute Gasteiger partial charge is 0.354 e. The molecule has 0 saturated heterocycles. The number of allylic oxidation sites excluding steroid dienone is 2. The molecule has 0 saturated carbocycles. The molecule has 1 aliphatic rings. The van der Waals surface area contributed by atoms with Gasteiger partial charge in [-0.1, -0.05) is 32.1 Å². The van der Waals surface area contributed by atoms with Crippen molar-refractivity contribution in [3.05, 3.63) is 41.9 Å². The van der Waals surface area contributed by atoms with Gasteiger partial charge < -0.3 is 4.98 Å². The summed E-state index contributed by atoms with van der Waals surface area (Å²) in [5, 5.41) is 1.20. The van der Waals surface area contributed by atoms with Crippen molar-refractivity contribution in [2.75, 3.05) is 0 Å². The Bertz CT molecular complexity index is 538. The third-order valence-electron chi connectivity index (χ3n) is 2.51. The van der Waals surface area contributed by atoms with Crippen LogP contribution in [0.5, 0.6) is 0 Å². The molecule has 1 aliphatic carbocycles. The summed E-state index contributed by atoms with van der Waals surface area (Å²) in [4.78, 5) is 7.52. The highest BCUT2D eigenvalue weighted by atomic mass is 14.7. The van der Waals surface area contributed by atoms with Crippen molar-refractivity contribution in [3.8, 4) is 0 Å². The lowest BCUT2D eigenvalue weighted by molar-refractivity contribution is 1.35. The molecule has 2 aromatic heterocycles. The molecule has 0 amide bonds. The van der Waals surface area contributed by atoms with Crippen molar-refractivity contribution < 1.29 is 1.43 Å². The van der Waals surface area contributed by atoms with E-state index in [-0.39, 0.29) is 1.43 Å². The van der Waals surface area contributed by atoms with Gasteiger partial charge in [0.05, 0.1) is 0 Å². The molecule has 0 atom stereocenters. The van der Waals surface area contributed by atoms with Crippen LogP contribution in [0.4, 0.5) is 0 Å². The highest BCUT2D eigenvalue weighted by Crippen LogP contribution is 2.25. The van der Waals surface area contributed by atoms with E-state index in [0.29, 0.717) is 0 Å². The van der Waals surface area contributed by atoms with Crippen LogP contribution in [-0.4, -0.2) is 9.97 Å². The molecular weight excluding hydrogens is 196 g/mol. The molecule has 0 aliphatic heterocycles. The number of hydrogen-bond acceptors (Lipinski definition) is 1. The van der Waals surface area contributed by atoms with Gasteiger partial charge in [0.1, 0.15) is 0 Å². The Morgan fingerprint density at radius 2 is 2.06 bits per heavy atom. The third-order valence-corrected chi connectivity index (χ3v) is 2.51. The second kappa shape index (κ2) is 4.79. The zero-order valence-corrected chi connectivity index (χ0v) is 9.70. The Morgan fingerprint density at radius 3 is 2.94 bits per heavy atom. The molecule has 2 heterocycles. The monoisotopic (exact) mass is 214 g/mol. The Labute approximate surface area is 97.2 Å². The van der Waals surface area contributed by atoms with Crippen LogP contribution in [0.1, 0.15) is 33.0 Å². The maximum atomic E-state index is 4.15. The Kier molecular flexibility index (Phi) is 3.20. The van der Waals surface area contributed by atoms with Gasteiger partial charge in [-0.25, -0.2) is 0 Å². The summed E-state index contributed by atoms with van der Waals surface area (Å²) in [6.07, 6.45) is 13.4. The first-order valence-electron chi connectivity index (χ1n) is 5.74. The minimum absolute atomic E-state index is 0. The minimum Gasteiger partial charge on any atom is -0.354 e. The first kappa shape index (κ1) is 10.7. The summed E-state index contributed by atoms with van der Waals surface area (Å²) in [7, 11) is 0. The predicted molar refractivity (Wildman–Crippen MR) is 72.2 cm³/mol. The van der Waals surface area contributed by atoms with Crippen molar-refractivity contribution in [1.29, 1.82) is 0 Å². The molecular formula is C14H18N2. The molecule has 1 N–H and O–H groups in total. The van der Waals surface area contributed by atoms with Crippen LogP contribution >= 0.6 is 0 Å². The highest BCUT2D eigenvalue weighted by molar-refractivity contribution is 5.92. The first-order valence-corrected chi connectivity index (χ1v) is 5.74. The van der Waals surface area contributed by atoms with E-state index in [2.05, 4.69) is 34.3 Å². The molecule has 2 nitrogen and oxygen atoms in total. The number of pyridine rings is 1. The highest BCUT2D eigenvalue weighted by Gasteiger charge is 2.07. The Hall–Kier alpha value is -1.83. The second-order valence-corrected chi connectivity index (χ2v) is 3.41. The summed E-state index contributed by atoms with van der Waals surface area (Å²) in [6, 6.07) is 2.01. The maximum absolute atomic E-state index is 4.15. The van der Waals surface area contributed by atoms with Crippen molar-refractivity contribution in [3.63, 3.8) is 0 Å². The van der Waals surface area contributed by atoms with Crippen LogP contribution in [0.2, 0.25) is 0 Å². The van der Waals surface area contributed by atoms with Gasteiger partial charge in [-0.3, -0.25) is 4.98 Å². The van der Waals surface area contributed by atoms with Gasteiger partial charge in [-0.2, -0.15) is 0 Å². The van der Waals surface area contributed by atoms with Crippen molar-refractivity contribution in [1.82, 2.24) is 9.97 Å². The van der Waals surface area contributed by atoms with Gasteiger partial charge in [-0.05, 0) is 18.6 Å². The van der Waals surface area contributed by atoms with Gasteiger partial charge in [0.25, 0.3) is 0 Å². The number of aromatic amines is 1. The van der Waals surface area contributed by atoms with E-state index >= 15 is 0 Å². The van der Waals surface area contributed by atoms with Crippen molar-refractivity contribution in [2.45, 2.75) is 20.3 Å². The Balaban J connectivity index is 0.000000459. The van der Waals surface area contributed by atoms with E-state index in [1.165, 1.54) is 16.6 Å². The SMILES string of the molecule is C1=Cc2[nH]c3ccncc3c2C=CC1.CC.[HH]. The number of fused-ring (bicyclic) bond motifs is 3. The van der Waals surface area contributed by atoms with Crippen LogP contribution < -0.4 is 0 Å². The minimum atomic E-state index is 0. The lowest BCUT2D eigenvalue weighted by atomic mass is 10.1. The van der Waals surface area contributed by atoms with Crippen molar-refractivity contribution >= 4 is 23.1 Å². The summed E-state index contributed by atoms with van der Waals surface area (Å²) in [5.41, 5.74) is 3.59. The number of nitrogens with zero attached hydrogens (tertiary/aromatic N) is 1. The van der Waals surface area contributed by atoms with E-state index in [9.17, 15) is 0 Å². The topological polar surface area (TPSA) is 28.7 Å². The normalized spacial score (nSPS) is 12.9. The summed E-state index contributed by atoms with van der Waals surface area (Å²) < 4.78 is 0. The van der Waals surface area contributed by atoms with Crippen LogP contribution in [0, 0.1) is 0 Å². The average molecular weight is 214 g/mol. The molecule has 0 radical (unpaired) electrons. The van der Waals surface area contributed by atoms with Crippen LogP contribution in [0.25, 0.3) is 23.1 Å². The molecule has 2 aromatic rings. The number of aromatic nitrogens is 2. The molecule has 0 spiro atoms. The molecule has 0 fully saturated rings. The third kappa shape index (κ3) is 1.78. The fourth-order valence-electron chi connectivity index (χ4n) is 1.84. The smallest absolute Gasteiger partial charge is 0.0495 e. The fraction of sp³-hybridized carbons (Fsp3) is 0.214. The van der Waals surface area contributed by atoms with Gasteiger partial charge in [-0.15, -0.1) is 0 Å². The zero-order valence-electron chi connectivity index (χ0n) is 9.70. The standard InChI is InChI=1S/C12H10N2.C2H6.H2/c1-2-4-9-10-8-13-7-6-12(10)14-11(9)5-3-1;1-2;/h2-8,14H,1H2;1-2H3;1H. The zero-order chi connectivity index (χ0) is 11.4. The summed E-state index contributed by atoms with van der Waals surface area (Å²) in [6.45, 7) is 4.00. The van der Waals surface area contributed by atoms with E-state index in [1.807, 2.05) is 32.3 Å². The van der Waals surface area contributed by atoms with Gasteiger partial charge in [0.2, 0.25) is 0 Å². The fourth-order valence-corrected chi connectivity index (χ4v) is 1.84. The van der Waals surface area contributed by atoms with Crippen LogP contribution in [-0.2, 0) is 0 Å². The average Bonchev–Trinajstić information content (AvgIpc) is 2.54. The number of rotatable bonds is 0. The van der Waals surface area contributed by atoms with Crippen LogP contribution in [0.15, 0.2) is 30.6 Å². The van der Waals surface area contributed by atoms with E-state index < -0.39 is 0 Å². The van der Waals surface area contributed by atoms with Gasteiger partial charge in [0, 0.05) is 36.0 Å².